The van der Waals surface area contributed by atoms with Crippen LogP contribution >= 0.6 is 23.2 Å². The number of halogens is 2. The lowest BCUT2D eigenvalue weighted by molar-refractivity contribution is -0.120. The molecule has 0 aliphatic carbocycles. The maximum Gasteiger partial charge on any atom is 0.227 e. The van der Waals surface area contributed by atoms with E-state index in [2.05, 4.69) is 17.3 Å². The van der Waals surface area contributed by atoms with Gasteiger partial charge in [0.1, 0.15) is 0 Å². The molecule has 5 heteroatoms. The number of rotatable bonds is 2. The third-order valence-corrected chi connectivity index (χ3v) is 4.25. The summed E-state index contributed by atoms with van der Waals surface area (Å²) in [7, 11) is 2.10. The maximum absolute atomic E-state index is 12.2. The first-order valence-corrected chi connectivity index (χ1v) is 7.26. The molecule has 2 rings (SSSR count). The lowest BCUT2D eigenvalue weighted by Crippen LogP contribution is -2.24. The van der Waals surface area contributed by atoms with Gasteiger partial charge in [-0.2, -0.15) is 0 Å². The Labute approximate surface area is 123 Å². The average Bonchev–Trinajstić information content (AvgIpc) is 2.59. The molecule has 0 saturated carbocycles. The number of carbonyl (C=O) groups excluding carboxylic acids is 1. The highest BCUT2D eigenvalue weighted by Gasteiger charge is 2.21. The fourth-order valence-electron chi connectivity index (χ4n) is 2.32. The van der Waals surface area contributed by atoms with E-state index in [1.54, 1.807) is 18.2 Å². The molecular formula is C14H18Cl2N2O. The molecule has 104 valence electrons. The normalized spacial score (nSPS) is 20.9. The molecule has 1 fully saturated rings. The van der Waals surface area contributed by atoms with Crippen LogP contribution in [0.15, 0.2) is 18.2 Å². The van der Waals surface area contributed by atoms with Crippen LogP contribution in [0.5, 0.6) is 0 Å². The van der Waals surface area contributed by atoms with E-state index in [1.807, 2.05) is 0 Å². The van der Waals surface area contributed by atoms with Crippen LogP contribution in [0.4, 0.5) is 5.69 Å². The average molecular weight is 301 g/mol. The topological polar surface area (TPSA) is 32.3 Å². The largest absolute Gasteiger partial charge is 0.326 e. The van der Waals surface area contributed by atoms with Crippen molar-refractivity contribution in [2.24, 2.45) is 5.92 Å². The Morgan fingerprint density at radius 3 is 2.79 bits per heavy atom. The van der Waals surface area contributed by atoms with Crippen LogP contribution < -0.4 is 5.32 Å². The number of nitrogens with one attached hydrogen (secondary N) is 1. The van der Waals surface area contributed by atoms with E-state index in [9.17, 15) is 4.79 Å². The molecule has 0 bridgehead atoms. The second-order valence-corrected chi connectivity index (χ2v) is 5.86. The zero-order valence-corrected chi connectivity index (χ0v) is 12.5. The summed E-state index contributed by atoms with van der Waals surface area (Å²) in [5.41, 5.74) is 0.706. The second kappa shape index (κ2) is 6.60. The number of benzene rings is 1. The highest BCUT2D eigenvalue weighted by Crippen LogP contribution is 2.26. The van der Waals surface area contributed by atoms with Gasteiger partial charge in [-0.25, -0.2) is 0 Å². The van der Waals surface area contributed by atoms with Crippen molar-refractivity contribution >= 4 is 34.8 Å². The van der Waals surface area contributed by atoms with Gasteiger partial charge in [0.15, 0.2) is 0 Å². The van der Waals surface area contributed by atoms with E-state index in [-0.39, 0.29) is 11.8 Å². The molecule has 1 atom stereocenters. The quantitative estimate of drug-likeness (QED) is 0.904. The lowest BCUT2D eigenvalue weighted by atomic mass is 10.00. The summed E-state index contributed by atoms with van der Waals surface area (Å²) in [6.45, 7) is 2.04. The molecule has 19 heavy (non-hydrogen) atoms. The molecular weight excluding hydrogens is 283 g/mol. The van der Waals surface area contributed by atoms with Crippen LogP contribution in [0.25, 0.3) is 0 Å². The number of amides is 1. The van der Waals surface area contributed by atoms with Crippen molar-refractivity contribution in [3.05, 3.63) is 28.2 Å². The molecule has 0 aromatic heterocycles. The SMILES string of the molecule is CN1CCCC(C(=O)Nc2ccc(Cl)c(Cl)c2)CC1. The van der Waals surface area contributed by atoms with E-state index in [1.165, 1.54) is 0 Å². The maximum atomic E-state index is 12.2. The van der Waals surface area contributed by atoms with Crippen LogP contribution in [-0.2, 0) is 4.79 Å². The first-order chi connectivity index (χ1) is 9.06. The summed E-state index contributed by atoms with van der Waals surface area (Å²) >= 11 is 11.8. The minimum absolute atomic E-state index is 0.0775. The van der Waals surface area contributed by atoms with Gasteiger partial charge in [0, 0.05) is 11.6 Å². The third-order valence-electron chi connectivity index (χ3n) is 3.51. The van der Waals surface area contributed by atoms with Crippen LogP contribution in [0.1, 0.15) is 19.3 Å². The minimum Gasteiger partial charge on any atom is -0.326 e. The Hall–Kier alpha value is -0.770. The lowest BCUT2D eigenvalue weighted by Gasteiger charge is -2.15. The summed E-state index contributed by atoms with van der Waals surface area (Å²) < 4.78 is 0. The van der Waals surface area contributed by atoms with Gasteiger partial charge in [0.25, 0.3) is 0 Å². The molecule has 0 spiro atoms. The number of likely N-dealkylation sites (tertiary alicyclic amines) is 1. The van der Waals surface area contributed by atoms with Crippen molar-refractivity contribution in [2.45, 2.75) is 19.3 Å². The van der Waals surface area contributed by atoms with Gasteiger partial charge in [-0.3, -0.25) is 4.79 Å². The first-order valence-electron chi connectivity index (χ1n) is 6.50. The predicted octanol–water partition coefficient (Wildman–Crippen LogP) is 3.66. The van der Waals surface area contributed by atoms with Crippen molar-refractivity contribution in [3.8, 4) is 0 Å². The van der Waals surface area contributed by atoms with Crippen molar-refractivity contribution < 1.29 is 4.79 Å². The Morgan fingerprint density at radius 1 is 1.26 bits per heavy atom. The smallest absolute Gasteiger partial charge is 0.227 e. The standard InChI is InChI=1S/C14H18Cl2N2O/c1-18-7-2-3-10(6-8-18)14(19)17-11-4-5-12(15)13(16)9-11/h4-5,9-10H,2-3,6-8H2,1H3,(H,17,19). The van der Waals surface area contributed by atoms with Gasteiger partial charge in [-0.05, 0) is 57.6 Å². The number of hydrogen-bond acceptors (Lipinski definition) is 2. The van der Waals surface area contributed by atoms with E-state index in [0.29, 0.717) is 15.7 Å². The molecule has 1 aliphatic heterocycles. The fraction of sp³-hybridized carbons (Fsp3) is 0.500. The molecule has 1 saturated heterocycles. The summed E-state index contributed by atoms with van der Waals surface area (Å²) in [5.74, 6) is 0.160. The molecule has 1 amide bonds. The van der Waals surface area contributed by atoms with Crippen molar-refractivity contribution in [3.63, 3.8) is 0 Å². The number of carbonyl (C=O) groups is 1. The summed E-state index contributed by atoms with van der Waals surface area (Å²) in [6, 6.07) is 5.15. The number of hydrogen-bond donors (Lipinski definition) is 1. The highest BCUT2D eigenvalue weighted by molar-refractivity contribution is 6.42. The van der Waals surface area contributed by atoms with E-state index in [0.717, 1.165) is 32.4 Å². The van der Waals surface area contributed by atoms with E-state index in [4.69, 9.17) is 23.2 Å². The molecule has 1 aromatic rings. The minimum atomic E-state index is 0.0775. The van der Waals surface area contributed by atoms with E-state index >= 15 is 0 Å². The molecule has 1 heterocycles. The van der Waals surface area contributed by atoms with Gasteiger partial charge in [-0.1, -0.05) is 23.2 Å². The molecule has 1 aromatic carbocycles. The van der Waals surface area contributed by atoms with Crippen LogP contribution in [-0.4, -0.2) is 30.9 Å². The van der Waals surface area contributed by atoms with Gasteiger partial charge in [-0.15, -0.1) is 0 Å². The summed E-state index contributed by atoms with van der Waals surface area (Å²) in [5, 5.41) is 3.88. The summed E-state index contributed by atoms with van der Waals surface area (Å²) in [6.07, 6.45) is 2.91. The number of nitrogens with zero attached hydrogens (tertiary/aromatic N) is 1. The van der Waals surface area contributed by atoms with Crippen LogP contribution in [0.3, 0.4) is 0 Å². The number of anilines is 1. The Kier molecular flexibility index (Phi) is 5.08. The molecule has 3 nitrogen and oxygen atoms in total. The van der Waals surface area contributed by atoms with Crippen molar-refractivity contribution in [1.29, 1.82) is 0 Å². The van der Waals surface area contributed by atoms with Crippen molar-refractivity contribution in [2.75, 3.05) is 25.5 Å². The van der Waals surface area contributed by atoms with E-state index < -0.39 is 0 Å². The third kappa shape index (κ3) is 4.10. The Balaban J connectivity index is 1.98. The van der Waals surface area contributed by atoms with Gasteiger partial charge >= 0.3 is 0 Å². The molecule has 1 N–H and O–H groups in total. The van der Waals surface area contributed by atoms with Crippen molar-refractivity contribution in [1.82, 2.24) is 4.90 Å². The van der Waals surface area contributed by atoms with Crippen LogP contribution in [0, 0.1) is 5.92 Å². The van der Waals surface area contributed by atoms with Crippen LogP contribution in [0.2, 0.25) is 10.0 Å². The zero-order valence-electron chi connectivity index (χ0n) is 11.0. The second-order valence-electron chi connectivity index (χ2n) is 5.05. The highest BCUT2D eigenvalue weighted by atomic mass is 35.5. The van der Waals surface area contributed by atoms with Gasteiger partial charge < -0.3 is 10.2 Å². The summed E-state index contributed by atoms with van der Waals surface area (Å²) in [4.78, 5) is 14.5. The molecule has 0 radical (unpaired) electrons. The predicted molar refractivity (Wildman–Crippen MR) is 79.9 cm³/mol. The van der Waals surface area contributed by atoms with Gasteiger partial charge in [0.2, 0.25) is 5.91 Å². The monoisotopic (exact) mass is 300 g/mol. The fourth-order valence-corrected chi connectivity index (χ4v) is 2.62. The van der Waals surface area contributed by atoms with Gasteiger partial charge in [0.05, 0.1) is 10.0 Å². The first kappa shape index (κ1) is 14.6. The zero-order chi connectivity index (χ0) is 13.8. The Bertz CT molecular complexity index is 465. The Morgan fingerprint density at radius 2 is 2.05 bits per heavy atom. The molecule has 1 aliphatic rings. The molecule has 1 unspecified atom stereocenters.